The molecule has 1 N–H and O–H groups in total. The van der Waals surface area contributed by atoms with E-state index in [0.717, 1.165) is 28.0 Å². The molecule has 0 radical (unpaired) electrons. The van der Waals surface area contributed by atoms with E-state index < -0.39 is 0 Å². The van der Waals surface area contributed by atoms with Crippen molar-refractivity contribution in [2.45, 2.75) is 20.3 Å². The summed E-state index contributed by atoms with van der Waals surface area (Å²) >= 11 is 4.54. The molecule has 2 aromatic rings. The van der Waals surface area contributed by atoms with Gasteiger partial charge in [0.15, 0.2) is 0 Å². The minimum absolute atomic E-state index is 0.0446. The Morgan fingerprint density at radius 2 is 1.70 bits per heavy atom. The summed E-state index contributed by atoms with van der Waals surface area (Å²) in [5.74, 6) is 0.0446. The van der Waals surface area contributed by atoms with Crippen LogP contribution in [0.4, 0.5) is 0 Å². The van der Waals surface area contributed by atoms with Gasteiger partial charge in [-0.2, -0.15) is 0 Å². The molecule has 0 amide bonds. The molecular weight excluding hydrogens is 300 g/mol. The third-order valence-corrected chi connectivity index (χ3v) is 3.96. The second-order valence-electron chi connectivity index (χ2n) is 5.38. The maximum absolute atomic E-state index is 10.2. The second-order valence-corrected chi connectivity index (χ2v) is 6.05. The Kier molecular flexibility index (Phi) is 5.89. The van der Waals surface area contributed by atoms with Crippen LogP contribution in [-0.4, -0.2) is 5.11 Å². The number of hydrogen-bond acceptors (Lipinski definition) is 2. The summed E-state index contributed by atoms with van der Waals surface area (Å²) in [4.78, 5) is 0.839. The summed E-state index contributed by atoms with van der Waals surface area (Å²) in [6, 6.07) is 18.1. The molecule has 0 aliphatic heterocycles. The lowest BCUT2D eigenvalue weighted by atomic mass is 9.93. The SMILES string of the molecule is C=C(O)C(=C\c1ccccc1CC)/C(=C(/C)S)c1ccccc1. The number of aryl methyl sites for hydroxylation is 1. The Morgan fingerprint density at radius 1 is 1.09 bits per heavy atom. The molecule has 0 atom stereocenters. The van der Waals surface area contributed by atoms with Crippen LogP contribution in [0.1, 0.15) is 30.5 Å². The first-order chi connectivity index (χ1) is 11.0. The lowest BCUT2D eigenvalue weighted by Gasteiger charge is -2.15. The van der Waals surface area contributed by atoms with Crippen LogP contribution in [-0.2, 0) is 6.42 Å². The van der Waals surface area contributed by atoms with Gasteiger partial charge in [-0.15, -0.1) is 12.6 Å². The first kappa shape index (κ1) is 17.2. The maximum atomic E-state index is 10.2. The minimum atomic E-state index is 0.0446. The zero-order valence-corrected chi connectivity index (χ0v) is 14.5. The molecule has 1 nitrogen and oxygen atoms in total. The van der Waals surface area contributed by atoms with Crippen molar-refractivity contribution < 1.29 is 5.11 Å². The van der Waals surface area contributed by atoms with Gasteiger partial charge >= 0.3 is 0 Å². The summed E-state index contributed by atoms with van der Waals surface area (Å²) in [6.07, 6.45) is 2.92. The molecule has 0 aliphatic carbocycles. The highest BCUT2D eigenvalue weighted by Gasteiger charge is 2.14. The lowest BCUT2D eigenvalue weighted by molar-refractivity contribution is 0.431. The smallest absolute Gasteiger partial charge is 0.116 e. The highest BCUT2D eigenvalue weighted by molar-refractivity contribution is 7.84. The molecule has 0 fully saturated rings. The van der Waals surface area contributed by atoms with Crippen molar-refractivity contribution in [3.63, 3.8) is 0 Å². The molecule has 23 heavy (non-hydrogen) atoms. The topological polar surface area (TPSA) is 20.2 Å². The predicted octanol–water partition coefficient (Wildman–Crippen LogP) is 6.07. The fourth-order valence-corrected chi connectivity index (χ4v) is 2.87. The maximum Gasteiger partial charge on any atom is 0.116 e. The summed E-state index contributed by atoms with van der Waals surface area (Å²) in [6.45, 7) is 7.80. The fraction of sp³-hybridized carbons (Fsp3) is 0.143. The van der Waals surface area contributed by atoms with Gasteiger partial charge in [0.2, 0.25) is 0 Å². The molecule has 0 spiro atoms. The van der Waals surface area contributed by atoms with E-state index in [1.165, 1.54) is 5.56 Å². The van der Waals surface area contributed by atoms with Crippen molar-refractivity contribution in [3.8, 4) is 0 Å². The van der Waals surface area contributed by atoms with Crippen molar-refractivity contribution >= 4 is 24.3 Å². The van der Waals surface area contributed by atoms with Crippen molar-refractivity contribution in [1.82, 2.24) is 0 Å². The summed E-state index contributed by atoms with van der Waals surface area (Å²) < 4.78 is 0. The van der Waals surface area contributed by atoms with Crippen LogP contribution in [0.5, 0.6) is 0 Å². The highest BCUT2D eigenvalue weighted by Crippen LogP contribution is 2.33. The molecule has 2 rings (SSSR count). The van der Waals surface area contributed by atoms with E-state index >= 15 is 0 Å². The van der Waals surface area contributed by atoms with Crippen molar-refractivity contribution in [2.24, 2.45) is 0 Å². The van der Waals surface area contributed by atoms with Crippen molar-refractivity contribution in [1.29, 1.82) is 0 Å². The Hall–Kier alpha value is -2.19. The molecule has 118 valence electrons. The van der Waals surface area contributed by atoms with Crippen LogP contribution in [0.25, 0.3) is 11.6 Å². The Morgan fingerprint density at radius 3 is 2.26 bits per heavy atom. The van der Waals surface area contributed by atoms with E-state index in [1.807, 2.05) is 55.5 Å². The van der Waals surface area contributed by atoms with E-state index in [-0.39, 0.29) is 5.76 Å². The number of aliphatic hydroxyl groups excluding tert-OH is 1. The lowest BCUT2D eigenvalue weighted by Crippen LogP contribution is -1.96. The van der Waals surface area contributed by atoms with Crippen LogP contribution >= 0.6 is 12.6 Å². The van der Waals surface area contributed by atoms with Crippen LogP contribution in [0.2, 0.25) is 0 Å². The molecule has 0 heterocycles. The number of aliphatic hydroxyl groups is 1. The van der Waals surface area contributed by atoms with Gasteiger partial charge in [-0.25, -0.2) is 0 Å². The normalized spacial score (nSPS) is 12.7. The average molecular weight is 322 g/mol. The van der Waals surface area contributed by atoms with Crippen LogP contribution < -0.4 is 0 Å². The first-order valence-electron chi connectivity index (χ1n) is 7.68. The largest absolute Gasteiger partial charge is 0.508 e. The number of benzene rings is 2. The third-order valence-electron chi connectivity index (χ3n) is 3.74. The molecule has 0 saturated heterocycles. The van der Waals surface area contributed by atoms with Crippen molar-refractivity contribution in [3.05, 3.63) is 94.1 Å². The number of thiol groups is 1. The molecule has 0 aromatic heterocycles. The fourth-order valence-electron chi connectivity index (χ4n) is 2.62. The number of hydrogen-bond donors (Lipinski definition) is 2. The first-order valence-corrected chi connectivity index (χ1v) is 8.12. The standard InChI is InChI=1S/C21H22OS/c1-4-17-10-8-9-13-19(17)14-20(15(2)22)21(16(3)23)18-11-6-5-7-12-18/h5-14,22-23H,2,4H2,1,3H3/b20-14+,21-16-. The van der Waals surface area contributed by atoms with Crippen LogP contribution in [0, 0.1) is 0 Å². The summed E-state index contributed by atoms with van der Waals surface area (Å²) in [5.41, 5.74) is 4.92. The van der Waals surface area contributed by atoms with Crippen LogP contribution in [0.3, 0.4) is 0 Å². The van der Waals surface area contributed by atoms with Gasteiger partial charge < -0.3 is 5.11 Å². The van der Waals surface area contributed by atoms with Gasteiger partial charge in [0.1, 0.15) is 5.76 Å². The number of allylic oxidation sites excluding steroid dienone is 2. The van der Waals surface area contributed by atoms with E-state index in [2.05, 4.69) is 38.3 Å². The van der Waals surface area contributed by atoms with Gasteiger partial charge in [0, 0.05) is 11.1 Å². The third kappa shape index (κ3) is 4.17. The van der Waals surface area contributed by atoms with Gasteiger partial charge in [0.05, 0.1) is 0 Å². The molecule has 2 aromatic carbocycles. The minimum Gasteiger partial charge on any atom is -0.508 e. The van der Waals surface area contributed by atoms with E-state index in [0.29, 0.717) is 5.57 Å². The van der Waals surface area contributed by atoms with Gasteiger partial charge in [-0.05, 0) is 41.0 Å². The monoisotopic (exact) mass is 322 g/mol. The second kappa shape index (κ2) is 7.89. The predicted molar refractivity (Wildman–Crippen MR) is 104 cm³/mol. The Bertz CT molecular complexity index is 750. The van der Waals surface area contributed by atoms with Gasteiger partial charge in [-0.1, -0.05) is 68.1 Å². The average Bonchev–Trinajstić information content (AvgIpc) is 2.55. The highest BCUT2D eigenvalue weighted by atomic mass is 32.1. The van der Waals surface area contributed by atoms with Crippen molar-refractivity contribution in [2.75, 3.05) is 0 Å². The molecule has 2 heteroatoms. The number of rotatable bonds is 5. The van der Waals surface area contributed by atoms with E-state index in [4.69, 9.17) is 0 Å². The van der Waals surface area contributed by atoms with E-state index in [9.17, 15) is 5.11 Å². The zero-order valence-electron chi connectivity index (χ0n) is 13.6. The van der Waals surface area contributed by atoms with Gasteiger partial charge in [-0.3, -0.25) is 0 Å². The van der Waals surface area contributed by atoms with E-state index in [1.54, 1.807) is 0 Å². The molecule has 0 saturated carbocycles. The Balaban J connectivity index is 2.64. The quantitative estimate of drug-likeness (QED) is 0.389. The molecule has 0 unspecified atom stereocenters. The summed E-state index contributed by atoms with van der Waals surface area (Å²) in [7, 11) is 0. The molecular formula is C21H22OS. The molecule has 0 aliphatic rings. The van der Waals surface area contributed by atoms with Gasteiger partial charge in [0.25, 0.3) is 0 Å². The van der Waals surface area contributed by atoms with Crippen LogP contribution in [0.15, 0.2) is 77.4 Å². The zero-order chi connectivity index (χ0) is 16.8. The summed E-state index contributed by atoms with van der Waals surface area (Å²) in [5, 5.41) is 10.2. The molecule has 0 bridgehead atoms. The Labute approximate surface area is 144 Å².